The van der Waals surface area contributed by atoms with Gasteiger partial charge in [0.2, 0.25) is 0 Å². The largest absolute Gasteiger partial charge is 0.385 e. The van der Waals surface area contributed by atoms with Gasteiger partial charge >= 0.3 is 0 Å². The van der Waals surface area contributed by atoms with Crippen LogP contribution in [-0.2, 0) is 5.60 Å². The highest BCUT2D eigenvalue weighted by molar-refractivity contribution is 5.30. The third-order valence-electron chi connectivity index (χ3n) is 4.36. The van der Waals surface area contributed by atoms with Gasteiger partial charge in [-0.1, -0.05) is 38.8 Å². The van der Waals surface area contributed by atoms with Crippen molar-refractivity contribution in [3.63, 3.8) is 0 Å². The van der Waals surface area contributed by atoms with E-state index < -0.39 is 5.60 Å². The van der Waals surface area contributed by atoms with E-state index in [1.165, 1.54) is 6.07 Å². The summed E-state index contributed by atoms with van der Waals surface area (Å²) in [4.78, 5) is 0. The molecule has 2 rings (SSSR count). The molecule has 0 heterocycles. The van der Waals surface area contributed by atoms with Gasteiger partial charge in [-0.3, -0.25) is 0 Å². The maximum absolute atomic E-state index is 13.6. The van der Waals surface area contributed by atoms with Gasteiger partial charge in [-0.25, -0.2) is 4.39 Å². The van der Waals surface area contributed by atoms with Crippen LogP contribution in [0, 0.1) is 18.2 Å². The average Bonchev–Trinajstić information content (AvgIpc) is 2.26. The minimum absolute atomic E-state index is 0.188. The van der Waals surface area contributed by atoms with Gasteiger partial charge in [-0.05, 0) is 42.4 Å². The van der Waals surface area contributed by atoms with E-state index in [1.54, 1.807) is 13.0 Å². The Morgan fingerprint density at radius 3 is 2.41 bits per heavy atom. The Morgan fingerprint density at radius 2 is 1.82 bits per heavy atom. The highest BCUT2D eigenvalue weighted by atomic mass is 19.1. The summed E-state index contributed by atoms with van der Waals surface area (Å²) in [6, 6.07) is 5.13. The van der Waals surface area contributed by atoms with Crippen LogP contribution in [0.15, 0.2) is 18.2 Å². The number of rotatable bonds is 1. The molecule has 1 nitrogen and oxygen atoms in total. The predicted octanol–water partition coefficient (Wildman–Crippen LogP) is 3.92. The van der Waals surface area contributed by atoms with Crippen molar-refractivity contribution in [2.24, 2.45) is 5.41 Å². The Morgan fingerprint density at radius 1 is 1.18 bits per heavy atom. The van der Waals surface area contributed by atoms with Crippen LogP contribution < -0.4 is 0 Å². The lowest BCUT2D eigenvalue weighted by atomic mass is 9.62. The molecule has 1 saturated carbocycles. The molecule has 94 valence electrons. The van der Waals surface area contributed by atoms with Crippen molar-refractivity contribution < 1.29 is 9.50 Å². The van der Waals surface area contributed by atoms with Crippen LogP contribution in [0.25, 0.3) is 0 Å². The summed E-state index contributed by atoms with van der Waals surface area (Å²) < 4.78 is 13.6. The third-order valence-corrected chi connectivity index (χ3v) is 4.36. The molecule has 0 spiro atoms. The highest BCUT2D eigenvalue weighted by Crippen LogP contribution is 2.50. The number of halogens is 1. The molecule has 1 fully saturated rings. The topological polar surface area (TPSA) is 20.2 Å². The summed E-state index contributed by atoms with van der Waals surface area (Å²) >= 11 is 0. The van der Waals surface area contributed by atoms with Crippen molar-refractivity contribution in [1.29, 1.82) is 0 Å². The molecule has 1 atom stereocenters. The molecular weight excluding hydrogens is 215 g/mol. The molecule has 0 saturated heterocycles. The van der Waals surface area contributed by atoms with Crippen LogP contribution in [-0.4, -0.2) is 5.11 Å². The first kappa shape index (κ1) is 12.6. The fourth-order valence-electron chi connectivity index (χ4n) is 2.88. The van der Waals surface area contributed by atoms with Gasteiger partial charge in [0.05, 0.1) is 5.60 Å². The normalized spacial score (nSPS) is 28.1. The number of hydrogen-bond acceptors (Lipinski definition) is 1. The molecule has 0 bridgehead atoms. The fourth-order valence-corrected chi connectivity index (χ4v) is 2.88. The molecule has 0 aliphatic heterocycles. The maximum atomic E-state index is 13.6. The van der Waals surface area contributed by atoms with E-state index in [1.807, 2.05) is 6.07 Å². The third kappa shape index (κ3) is 1.99. The second-order valence-corrected chi connectivity index (χ2v) is 5.92. The minimum atomic E-state index is -0.889. The van der Waals surface area contributed by atoms with Crippen LogP contribution >= 0.6 is 0 Å². The van der Waals surface area contributed by atoms with Gasteiger partial charge in [-0.15, -0.1) is 0 Å². The van der Waals surface area contributed by atoms with Crippen LogP contribution in [0.1, 0.15) is 50.7 Å². The van der Waals surface area contributed by atoms with Gasteiger partial charge in [0.25, 0.3) is 0 Å². The summed E-state index contributed by atoms with van der Waals surface area (Å²) in [7, 11) is 0. The predicted molar refractivity (Wildman–Crippen MR) is 67.3 cm³/mol. The van der Waals surface area contributed by atoms with Crippen molar-refractivity contribution in [1.82, 2.24) is 0 Å². The summed E-state index contributed by atoms with van der Waals surface area (Å²) in [6.45, 7) is 5.89. The lowest BCUT2D eigenvalue weighted by Gasteiger charge is -2.47. The van der Waals surface area contributed by atoms with Crippen molar-refractivity contribution in [2.75, 3.05) is 0 Å². The second kappa shape index (κ2) is 4.09. The zero-order valence-electron chi connectivity index (χ0n) is 10.9. The SMILES string of the molecule is Cc1ccc(C2(O)CCCCC2(C)C)cc1F. The molecule has 1 unspecified atom stereocenters. The highest BCUT2D eigenvalue weighted by Gasteiger charge is 2.46. The molecule has 1 aliphatic carbocycles. The van der Waals surface area contributed by atoms with E-state index in [2.05, 4.69) is 13.8 Å². The Balaban J connectivity index is 2.45. The molecule has 1 aliphatic rings. The molecular formula is C15H21FO. The Hall–Kier alpha value is -0.890. The zero-order valence-corrected chi connectivity index (χ0v) is 10.9. The van der Waals surface area contributed by atoms with Gasteiger partial charge in [0.1, 0.15) is 5.82 Å². The number of aryl methyl sites for hydroxylation is 1. The first-order valence-electron chi connectivity index (χ1n) is 6.36. The van der Waals surface area contributed by atoms with Crippen molar-refractivity contribution >= 4 is 0 Å². The van der Waals surface area contributed by atoms with Crippen LogP contribution in [0.5, 0.6) is 0 Å². The smallest absolute Gasteiger partial charge is 0.126 e. The van der Waals surface area contributed by atoms with E-state index >= 15 is 0 Å². The Kier molecular flexibility index (Phi) is 3.03. The van der Waals surface area contributed by atoms with Crippen LogP contribution in [0.4, 0.5) is 4.39 Å². The van der Waals surface area contributed by atoms with Gasteiger partial charge in [-0.2, -0.15) is 0 Å². The zero-order chi connectivity index (χ0) is 12.7. The maximum Gasteiger partial charge on any atom is 0.126 e. The summed E-state index contributed by atoms with van der Waals surface area (Å²) in [6.07, 6.45) is 3.86. The van der Waals surface area contributed by atoms with Crippen molar-refractivity contribution in [2.45, 2.75) is 52.1 Å². The minimum Gasteiger partial charge on any atom is -0.385 e. The molecule has 1 aromatic carbocycles. The number of benzene rings is 1. The fraction of sp³-hybridized carbons (Fsp3) is 0.600. The molecule has 0 amide bonds. The second-order valence-electron chi connectivity index (χ2n) is 5.92. The molecule has 0 radical (unpaired) electrons. The molecule has 1 aromatic rings. The number of aliphatic hydroxyl groups is 1. The van der Waals surface area contributed by atoms with Crippen molar-refractivity contribution in [3.8, 4) is 0 Å². The molecule has 2 heteroatoms. The first-order chi connectivity index (χ1) is 7.87. The van der Waals surface area contributed by atoms with E-state index in [-0.39, 0.29) is 11.2 Å². The summed E-state index contributed by atoms with van der Waals surface area (Å²) in [5, 5.41) is 10.9. The van der Waals surface area contributed by atoms with Gasteiger partial charge in [0, 0.05) is 0 Å². The summed E-state index contributed by atoms with van der Waals surface area (Å²) in [5.41, 5.74) is 0.281. The molecule has 17 heavy (non-hydrogen) atoms. The molecule has 0 aromatic heterocycles. The van der Waals surface area contributed by atoms with Crippen molar-refractivity contribution in [3.05, 3.63) is 35.1 Å². The van der Waals surface area contributed by atoms with E-state index in [9.17, 15) is 9.50 Å². The quantitative estimate of drug-likeness (QED) is 0.783. The van der Waals surface area contributed by atoms with E-state index in [0.29, 0.717) is 5.56 Å². The standard InChI is InChI=1S/C15H21FO/c1-11-6-7-12(10-13(11)16)15(17)9-5-4-8-14(15,2)3/h6-7,10,17H,4-5,8-9H2,1-3H3. The van der Waals surface area contributed by atoms with Crippen LogP contribution in [0.3, 0.4) is 0 Å². The summed E-state index contributed by atoms with van der Waals surface area (Å²) in [5.74, 6) is -0.225. The monoisotopic (exact) mass is 236 g/mol. The molecule has 1 N–H and O–H groups in total. The van der Waals surface area contributed by atoms with Crippen LogP contribution in [0.2, 0.25) is 0 Å². The number of hydrogen-bond donors (Lipinski definition) is 1. The Bertz CT molecular complexity index is 425. The van der Waals surface area contributed by atoms with E-state index in [0.717, 1.165) is 31.2 Å². The Labute approximate surface area is 103 Å². The van der Waals surface area contributed by atoms with Gasteiger partial charge in [0.15, 0.2) is 0 Å². The lowest BCUT2D eigenvalue weighted by Crippen LogP contribution is -2.44. The van der Waals surface area contributed by atoms with Gasteiger partial charge < -0.3 is 5.11 Å². The average molecular weight is 236 g/mol. The first-order valence-corrected chi connectivity index (χ1v) is 6.36. The lowest BCUT2D eigenvalue weighted by molar-refractivity contribution is -0.104. The van der Waals surface area contributed by atoms with E-state index in [4.69, 9.17) is 0 Å².